The molecule has 0 radical (unpaired) electrons. The highest BCUT2D eigenvalue weighted by molar-refractivity contribution is 5.25. The fourth-order valence-electron chi connectivity index (χ4n) is 3.82. The van der Waals surface area contributed by atoms with E-state index >= 15 is 0 Å². The van der Waals surface area contributed by atoms with Crippen LogP contribution >= 0.6 is 0 Å². The summed E-state index contributed by atoms with van der Waals surface area (Å²) in [4.78, 5) is 6.87. The van der Waals surface area contributed by atoms with Crippen LogP contribution in [-0.4, -0.2) is 41.3 Å². The van der Waals surface area contributed by atoms with Crippen LogP contribution in [0.25, 0.3) is 0 Å². The first-order valence-electron chi connectivity index (χ1n) is 9.74. The van der Waals surface area contributed by atoms with Gasteiger partial charge >= 0.3 is 0 Å². The van der Waals surface area contributed by atoms with Gasteiger partial charge in [-0.1, -0.05) is 6.07 Å². The van der Waals surface area contributed by atoms with Crippen molar-refractivity contribution in [1.29, 1.82) is 0 Å². The number of fused-ring (bicyclic) bond motifs is 1. The van der Waals surface area contributed by atoms with Crippen LogP contribution < -0.4 is 4.74 Å². The maximum atomic E-state index is 5.90. The third kappa shape index (κ3) is 4.46. The Balaban J connectivity index is 1.41. The lowest BCUT2D eigenvalue weighted by atomic mass is 10.1. The normalized spacial score (nSPS) is 20.6. The number of pyridine rings is 1. The molecule has 1 fully saturated rings. The van der Waals surface area contributed by atoms with Gasteiger partial charge < -0.3 is 14.0 Å². The number of aromatic nitrogens is 2. The van der Waals surface area contributed by atoms with Crippen LogP contribution in [0, 0.1) is 11.8 Å². The molecule has 2 aromatic rings. The Morgan fingerprint density at radius 3 is 2.92 bits per heavy atom. The molecule has 2 aromatic heterocycles. The average Bonchev–Trinajstić information content (AvgIpc) is 3.41. The summed E-state index contributed by atoms with van der Waals surface area (Å²) >= 11 is 0. The number of ether oxygens (including phenoxy) is 2. The monoisotopic (exact) mass is 355 g/mol. The second kappa shape index (κ2) is 8.23. The largest absolute Gasteiger partial charge is 0.481 e. The molecule has 2 aliphatic rings. The Bertz CT molecular complexity index is 711. The molecule has 5 nitrogen and oxygen atoms in total. The van der Waals surface area contributed by atoms with Crippen LogP contribution in [0.3, 0.4) is 0 Å². The quantitative estimate of drug-likeness (QED) is 0.681. The van der Waals surface area contributed by atoms with E-state index in [1.807, 2.05) is 6.07 Å². The Morgan fingerprint density at radius 2 is 2.08 bits per heavy atom. The molecule has 1 saturated carbocycles. The van der Waals surface area contributed by atoms with E-state index in [9.17, 15) is 0 Å². The predicted octanol–water partition coefficient (Wildman–Crippen LogP) is 3.34. The van der Waals surface area contributed by atoms with Crippen molar-refractivity contribution in [2.24, 2.45) is 11.8 Å². The fourth-order valence-corrected chi connectivity index (χ4v) is 3.82. The molecule has 4 rings (SSSR count). The van der Waals surface area contributed by atoms with Crippen molar-refractivity contribution in [1.82, 2.24) is 14.5 Å². The molecule has 0 N–H and O–H groups in total. The molecule has 0 bridgehead atoms. The highest BCUT2D eigenvalue weighted by Gasteiger charge is 2.24. The van der Waals surface area contributed by atoms with E-state index < -0.39 is 0 Å². The number of hydrogen-bond donors (Lipinski definition) is 0. The first-order chi connectivity index (χ1) is 12.8. The molecule has 26 heavy (non-hydrogen) atoms. The van der Waals surface area contributed by atoms with E-state index in [1.54, 1.807) is 13.3 Å². The molecule has 0 unspecified atom stereocenters. The van der Waals surface area contributed by atoms with E-state index in [4.69, 9.17) is 9.47 Å². The summed E-state index contributed by atoms with van der Waals surface area (Å²) in [5.41, 5.74) is 2.54. The lowest BCUT2D eigenvalue weighted by Crippen LogP contribution is -2.28. The van der Waals surface area contributed by atoms with Crippen molar-refractivity contribution < 1.29 is 9.47 Å². The third-order valence-electron chi connectivity index (χ3n) is 5.44. The molecule has 0 amide bonds. The van der Waals surface area contributed by atoms with Crippen molar-refractivity contribution >= 4 is 0 Å². The zero-order valence-electron chi connectivity index (χ0n) is 15.6. The number of nitrogens with zero attached hydrogens (tertiary/aromatic N) is 3. The Labute approximate surface area is 155 Å². The zero-order chi connectivity index (χ0) is 17.8. The van der Waals surface area contributed by atoms with Crippen molar-refractivity contribution in [3.8, 4) is 5.88 Å². The molecule has 5 heteroatoms. The smallest absolute Gasteiger partial charge is 0.217 e. The Morgan fingerprint density at radius 1 is 1.15 bits per heavy atom. The van der Waals surface area contributed by atoms with Gasteiger partial charge in [0.2, 0.25) is 5.88 Å². The third-order valence-corrected chi connectivity index (χ3v) is 5.44. The molecule has 0 spiro atoms. The van der Waals surface area contributed by atoms with Crippen LogP contribution in [0.4, 0.5) is 0 Å². The molecule has 0 aromatic carbocycles. The Hall–Kier alpha value is -1.85. The minimum atomic E-state index is 0.602. The van der Waals surface area contributed by atoms with Gasteiger partial charge in [-0.25, -0.2) is 4.98 Å². The van der Waals surface area contributed by atoms with E-state index in [1.165, 1.54) is 18.5 Å². The molecule has 1 aliphatic heterocycles. The molecule has 1 aliphatic carbocycles. The second-order valence-corrected chi connectivity index (χ2v) is 7.67. The van der Waals surface area contributed by atoms with Crippen LogP contribution in [0.1, 0.15) is 30.5 Å². The fraction of sp³-hybridized carbons (Fsp3) is 0.571. The predicted molar refractivity (Wildman–Crippen MR) is 101 cm³/mol. The van der Waals surface area contributed by atoms with Gasteiger partial charge in [-0.15, -0.1) is 0 Å². The van der Waals surface area contributed by atoms with Gasteiger partial charge in [0.25, 0.3) is 0 Å². The maximum absolute atomic E-state index is 5.90. The molecular formula is C21H29N3O2. The van der Waals surface area contributed by atoms with Crippen molar-refractivity contribution in [2.75, 3.05) is 26.9 Å². The minimum absolute atomic E-state index is 0.602. The van der Waals surface area contributed by atoms with Gasteiger partial charge in [0, 0.05) is 63.0 Å². The summed E-state index contributed by atoms with van der Waals surface area (Å²) < 4.78 is 13.8. The van der Waals surface area contributed by atoms with Crippen LogP contribution in [0.5, 0.6) is 5.88 Å². The summed E-state index contributed by atoms with van der Waals surface area (Å²) in [5.74, 6) is 2.18. The highest BCUT2D eigenvalue weighted by Crippen LogP contribution is 2.29. The summed E-state index contributed by atoms with van der Waals surface area (Å²) in [7, 11) is 1.69. The number of rotatable bonds is 8. The summed E-state index contributed by atoms with van der Waals surface area (Å²) in [6.45, 7) is 5.81. The lowest BCUT2D eigenvalue weighted by Gasteiger charge is -2.24. The van der Waals surface area contributed by atoms with E-state index in [0.717, 1.165) is 63.2 Å². The van der Waals surface area contributed by atoms with Crippen molar-refractivity contribution in [2.45, 2.75) is 38.9 Å². The first kappa shape index (κ1) is 17.6. The van der Waals surface area contributed by atoms with Gasteiger partial charge in [0.15, 0.2) is 0 Å². The minimum Gasteiger partial charge on any atom is -0.481 e. The number of methoxy groups -OCH3 is 1. The van der Waals surface area contributed by atoms with Crippen molar-refractivity contribution in [3.63, 3.8) is 0 Å². The van der Waals surface area contributed by atoms with Gasteiger partial charge in [-0.2, -0.15) is 0 Å². The van der Waals surface area contributed by atoms with Crippen LogP contribution in [-0.2, 0) is 24.4 Å². The topological polar surface area (TPSA) is 39.5 Å². The molecule has 140 valence electrons. The second-order valence-electron chi connectivity index (χ2n) is 7.67. The van der Waals surface area contributed by atoms with Gasteiger partial charge in [-0.3, -0.25) is 4.90 Å². The summed E-state index contributed by atoms with van der Waals surface area (Å²) in [6, 6.07) is 8.49. The zero-order valence-corrected chi connectivity index (χ0v) is 15.6. The van der Waals surface area contributed by atoms with Crippen LogP contribution in [0.15, 0.2) is 36.7 Å². The molecule has 1 atom stereocenters. The summed E-state index contributed by atoms with van der Waals surface area (Å²) in [6.07, 6.45) is 7.83. The van der Waals surface area contributed by atoms with E-state index in [2.05, 4.69) is 38.8 Å². The van der Waals surface area contributed by atoms with Crippen molar-refractivity contribution in [3.05, 3.63) is 47.9 Å². The number of hydrogen-bond acceptors (Lipinski definition) is 4. The average molecular weight is 355 g/mol. The van der Waals surface area contributed by atoms with Gasteiger partial charge in [0.05, 0.1) is 7.11 Å². The summed E-state index contributed by atoms with van der Waals surface area (Å²) in [5, 5.41) is 0. The van der Waals surface area contributed by atoms with E-state index in [0.29, 0.717) is 5.92 Å². The SMILES string of the molecule is COc1ncccc1CN1Cc2cccn2C[C@@H](CCOCC2CC2)C1. The maximum Gasteiger partial charge on any atom is 0.217 e. The van der Waals surface area contributed by atoms with E-state index in [-0.39, 0.29) is 0 Å². The highest BCUT2D eigenvalue weighted by atomic mass is 16.5. The standard InChI is InChI=1S/C21H29N3O2/c1-25-21-19(4-2-9-22-21)14-23-12-18(8-11-26-16-17-6-7-17)13-24-10-3-5-20(24)15-23/h2-5,9-10,17-18H,6-8,11-16H2,1H3/t18-/m0/s1. The lowest BCUT2D eigenvalue weighted by molar-refractivity contribution is 0.101. The molecule has 3 heterocycles. The Kier molecular flexibility index (Phi) is 5.56. The van der Waals surface area contributed by atoms with Gasteiger partial charge in [0.1, 0.15) is 0 Å². The van der Waals surface area contributed by atoms with Gasteiger partial charge in [-0.05, 0) is 49.3 Å². The molecule has 0 saturated heterocycles. The molecular weight excluding hydrogens is 326 g/mol. The first-order valence-corrected chi connectivity index (χ1v) is 9.74. The van der Waals surface area contributed by atoms with Crippen LogP contribution in [0.2, 0.25) is 0 Å².